The van der Waals surface area contributed by atoms with Gasteiger partial charge in [-0.1, -0.05) is 11.6 Å². The van der Waals surface area contributed by atoms with Gasteiger partial charge in [-0.3, -0.25) is 0 Å². The smallest absolute Gasteiger partial charge is 0.237 e. The number of ether oxygens (including phenoxy) is 1. The van der Waals surface area contributed by atoms with Gasteiger partial charge in [-0.15, -0.1) is 0 Å². The highest BCUT2D eigenvalue weighted by molar-refractivity contribution is 6.30. The standard InChI is InChI=1S/C16H11ClFN3O2/c17-11-1-4-13(5-2-11)20-21-16(19-10-22)7-8-23-15-6-3-12(18)9-14(15)16/h1-6,9H,7-8H2. The maximum Gasteiger partial charge on any atom is 0.237 e. The molecule has 0 radical (unpaired) electrons. The molecule has 3 rings (SSSR count). The van der Waals surface area contributed by atoms with Gasteiger partial charge < -0.3 is 4.74 Å². The van der Waals surface area contributed by atoms with Gasteiger partial charge in [0.05, 0.1) is 12.3 Å². The number of fused-ring (bicyclic) bond motifs is 1. The monoisotopic (exact) mass is 331 g/mol. The van der Waals surface area contributed by atoms with E-state index in [2.05, 4.69) is 15.2 Å². The van der Waals surface area contributed by atoms with Crippen molar-refractivity contribution in [3.63, 3.8) is 0 Å². The van der Waals surface area contributed by atoms with E-state index in [-0.39, 0.29) is 13.0 Å². The minimum atomic E-state index is -1.34. The van der Waals surface area contributed by atoms with Crippen LogP contribution in [0.2, 0.25) is 5.02 Å². The molecule has 7 heteroatoms. The largest absolute Gasteiger partial charge is 0.493 e. The summed E-state index contributed by atoms with van der Waals surface area (Å²) in [7, 11) is 0. The lowest BCUT2D eigenvalue weighted by Gasteiger charge is -2.29. The Bertz CT molecular complexity index is 803. The van der Waals surface area contributed by atoms with Crippen molar-refractivity contribution in [1.82, 2.24) is 0 Å². The first-order chi connectivity index (χ1) is 11.1. The summed E-state index contributed by atoms with van der Waals surface area (Å²) in [5, 5.41) is 8.87. The van der Waals surface area contributed by atoms with Crippen molar-refractivity contribution >= 4 is 23.4 Å². The van der Waals surface area contributed by atoms with E-state index in [1.54, 1.807) is 24.3 Å². The van der Waals surface area contributed by atoms with Crippen LogP contribution in [0.1, 0.15) is 12.0 Å². The van der Waals surface area contributed by atoms with Crippen LogP contribution in [0.3, 0.4) is 0 Å². The Morgan fingerprint density at radius 3 is 2.74 bits per heavy atom. The molecule has 1 aliphatic rings. The summed E-state index contributed by atoms with van der Waals surface area (Å²) in [5.74, 6) is -0.0480. The molecule has 116 valence electrons. The van der Waals surface area contributed by atoms with Gasteiger partial charge in [0, 0.05) is 17.0 Å². The summed E-state index contributed by atoms with van der Waals surface area (Å²) >= 11 is 5.82. The molecule has 0 saturated carbocycles. The number of aliphatic imine (C=N–C) groups is 1. The average molecular weight is 332 g/mol. The van der Waals surface area contributed by atoms with Gasteiger partial charge in [0.1, 0.15) is 11.6 Å². The summed E-state index contributed by atoms with van der Waals surface area (Å²) in [6, 6.07) is 10.7. The van der Waals surface area contributed by atoms with E-state index in [1.807, 2.05) is 0 Å². The molecule has 0 aliphatic carbocycles. The lowest BCUT2D eigenvalue weighted by atomic mass is 9.94. The van der Waals surface area contributed by atoms with Gasteiger partial charge in [-0.25, -0.2) is 9.18 Å². The van der Waals surface area contributed by atoms with Gasteiger partial charge in [0.15, 0.2) is 0 Å². The fraction of sp³-hybridized carbons (Fsp3) is 0.188. The van der Waals surface area contributed by atoms with Crippen molar-refractivity contribution in [3.8, 4) is 5.75 Å². The Morgan fingerprint density at radius 1 is 1.22 bits per heavy atom. The molecule has 0 aromatic heterocycles. The van der Waals surface area contributed by atoms with Crippen molar-refractivity contribution < 1.29 is 13.9 Å². The van der Waals surface area contributed by atoms with E-state index in [4.69, 9.17) is 16.3 Å². The number of rotatable bonds is 3. The van der Waals surface area contributed by atoms with Gasteiger partial charge >= 0.3 is 0 Å². The molecule has 1 heterocycles. The highest BCUT2D eigenvalue weighted by Crippen LogP contribution is 2.42. The second-order valence-electron chi connectivity index (χ2n) is 4.94. The zero-order valence-corrected chi connectivity index (χ0v) is 12.6. The first-order valence-corrected chi connectivity index (χ1v) is 7.21. The topological polar surface area (TPSA) is 63.4 Å². The van der Waals surface area contributed by atoms with E-state index in [0.717, 1.165) is 0 Å². The number of halogens is 2. The quantitative estimate of drug-likeness (QED) is 0.471. The average Bonchev–Trinajstić information content (AvgIpc) is 2.55. The molecule has 0 fully saturated rings. The maximum atomic E-state index is 13.6. The molecule has 0 N–H and O–H groups in total. The first-order valence-electron chi connectivity index (χ1n) is 6.83. The van der Waals surface area contributed by atoms with Gasteiger partial charge in [0.25, 0.3) is 0 Å². The number of isocyanates is 1. The van der Waals surface area contributed by atoms with Gasteiger partial charge in [-0.05, 0) is 42.5 Å². The fourth-order valence-electron chi connectivity index (χ4n) is 2.35. The molecule has 0 saturated heterocycles. The predicted molar refractivity (Wildman–Crippen MR) is 82.3 cm³/mol. The number of benzene rings is 2. The number of carbonyl (C=O) groups excluding carboxylic acids is 1. The Kier molecular flexibility index (Phi) is 4.19. The summed E-state index contributed by atoms with van der Waals surface area (Å²) < 4.78 is 19.1. The third-order valence-electron chi connectivity index (χ3n) is 3.47. The van der Waals surface area contributed by atoms with Crippen LogP contribution < -0.4 is 4.74 Å². The van der Waals surface area contributed by atoms with E-state index in [1.165, 1.54) is 24.3 Å². The molecule has 1 unspecified atom stereocenters. The summed E-state index contributed by atoms with van der Waals surface area (Å²) in [4.78, 5) is 14.7. The molecule has 0 amide bonds. The Balaban J connectivity index is 2.06. The highest BCUT2D eigenvalue weighted by Gasteiger charge is 2.39. The Labute approximate surface area is 136 Å². The molecular weight excluding hydrogens is 321 g/mol. The van der Waals surface area contributed by atoms with E-state index < -0.39 is 11.5 Å². The van der Waals surface area contributed by atoms with Gasteiger partial charge in [-0.2, -0.15) is 15.2 Å². The lowest BCUT2D eigenvalue weighted by molar-refractivity contribution is 0.217. The van der Waals surface area contributed by atoms with Crippen molar-refractivity contribution in [3.05, 3.63) is 58.9 Å². The zero-order chi connectivity index (χ0) is 16.3. The van der Waals surface area contributed by atoms with Gasteiger partial charge in [0.2, 0.25) is 11.7 Å². The fourth-order valence-corrected chi connectivity index (χ4v) is 2.47. The van der Waals surface area contributed by atoms with E-state index in [0.29, 0.717) is 22.0 Å². The maximum absolute atomic E-state index is 13.6. The van der Waals surface area contributed by atoms with E-state index >= 15 is 0 Å². The molecule has 0 bridgehead atoms. The predicted octanol–water partition coefficient (Wildman–Crippen LogP) is 4.53. The Hall–Kier alpha value is -2.56. The van der Waals surface area contributed by atoms with Crippen LogP contribution >= 0.6 is 11.6 Å². The zero-order valence-electron chi connectivity index (χ0n) is 11.9. The number of nitrogens with zero attached hydrogens (tertiary/aromatic N) is 3. The molecule has 2 aromatic carbocycles. The van der Waals surface area contributed by atoms with Crippen molar-refractivity contribution in [2.45, 2.75) is 12.1 Å². The van der Waals surface area contributed by atoms with Crippen LogP contribution in [0, 0.1) is 5.82 Å². The van der Waals surface area contributed by atoms with Crippen LogP contribution in [0.15, 0.2) is 57.7 Å². The molecule has 23 heavy (non-hydrogen) atoms. The lowest BCUT2D eigenvalue weighted by Crippen LogP contribution is -2.29. The van der Waals surface area contributed by atoms with Crippen LogP contribution in [0.25, 0.3) is 0 Å². The molecule has 5 nitrogen and oxygen atoms in total. The number of azo groups is 1. The second kappa shape index (κ2) is 6.28. The number of hydrogen-bond donors (Lipinski definition) is 0. The van der Waals surface area contributed by atoms with Crippen LogP contribution in [-0.4, -0.2) is 12.7 Å². The van der Waals surface area contributed by atoms with Crippen molar-refractivity contribution in [1.29, 1.82) is 0 Å². The summed E-state index contributed by atoms with van der Waals surface area (Å²) in [5.41, 5.74) is -0.444. The normalized spacial score (nSPS) is 19.7. The van der Waals surface area contributed by atoms with Crippen molar-refractivity contribution in [2.75, 3.05) is 6.61 Å². The highest BCUT2D eigenvalue weighted by atomic mass is 35.5. The number of hydrogen-bond acceptors (Lipinski definition) is 5. The molecule has 2 aromatic rings. The minimum absolute atomic E-state index is 0.260. The molecule has 0 spiro atoms. The molecule has 1 atom stereocenters. The SMILES string of the molecule is O=C=NC1(N=Nc2ccc(Cl)cc2)CCOc2ccc(F)cc21. The summed E-state index contributed by atoms with van der Waals surface area (Å²) in [6.45, 7) is 0.281. The third kappa shape index (κ3) is 3.13. The van der Waals surface area contributed by atoms with Crippen LogP contribution in [0.5, 0.6) is 5.75 Å². The Morgan fingerprint density at radius 2 is 2.00 bits per heavy atom. The molecular formula is C16H11ClFN3O2. The second-order valence-corrected chi connectivity index (χ2v) is 5.37. The third-order valence-corrected chi connectivity index (χ3v) is 3.72. The summed E-state index contributed by atoms with van der Waals surface area (Å²) in [6.07, 6.45) is 1.77. The minimum Gasteiger partial charge on any atom is -0.493 e. The van der Waals surface area contributed by atoms with Crippen LogP contribution in [-0.2, 0) is 10.5 Å². The van der Waals surface area contributed by atoms with E-state index in [9.17, 15) is 9.18 Å². The van der Waals surface area contributed by atoms with Crippen LogP contribution in [0.4, 0.5) is 10.1 Å². The van der Waals surface area contributed by atoms with Crippen molar-refractivity contribution in [2.24, 2.45) is 15.2 Å². The first kappa shape index (κ1) is 15.3. The molecule has 1 aliphatic heterocycles.